The lowest BCUT2D eigenvalue weighted by atomic mass is 9.56. The molecule has 1 aromatic carbocycles. The highest BCUT2D eigenvalue weighted by Crippen LogP contribution is 2.27. The number of nitrogens with zero attached hydrogens (tertiary/aromatic N) is 1. The molecule has 0 spiro atoms. The van der Waals surface area contributed by atoms with Crippen molar-refractivity contribution in [2.45, 2.75) is 10.0 Å². The number of hydrogen-bond acceptors (Lipinski definition) is 2. The number of morpholine rings is 1. The van der Waals surface area contributed by atoms with Crippen LogP contribution in [0, 0.1) is 0 Å². The van der Waals surface area contributed by atoms with E-state index in [4.69, 9.17) is 16.3 Å². The molecule has 0 aromatic heterocycles. The van der Waals surface area contributed by atoms with Gasteiger partial charge in [0.25, 0.3) is 0 Å². The predicted octanol–water partition coefficient (Wildman–Crippen LogP) is -2.46. The summed E-state index contributed by atoms with van der Waals surface area (Å²) in [7, 11) is 8.08. The van der Waals surface area contributed by atoms with Crippen LogP contribution < -0.4 is 0 Å². The zero-order chi connectivity index (χ0) is 15.0. The molecule has 0 unspecified atom stereocenters. The first-order valence-electron chi connectivity index (χ1n) is 6.91. The Balaban J connectivity index is 2.27. The van der Waals surface area contributed by atoms with Gasteiger partial charge in [0.1, 0.15) is 38.0 Å². The van der Waals surface area contributed by atoms with E-state index in [2.05, 4.69) is 27.8 Å². The Labute approximate surface area is 129 Å². The van der Waals surface area contributed by atoms with Crippen molar-refractivity contribution in [1.29, 1.82) is 0 Å². The third kappa shape index (κ3) is 3.09. The molecule has 1 aliphatic rings. The van der Waals surface area contributed by atoms with Gasteiger partial charge in [-0.3, -0.25) is 4.79 Å². The predicted molar refractivity (Wildman–Crippen MR) is 92.4 cm³/mol. The Morgan fingerprint density at radius 3 is 2.15 bits per heavy atom. The second-order valence-corrected chi connectivity index (χ2v) is 7.15. The van der Waals surface area contributed by atoms with Crippen LogP contribution in [0.1, 0.15) is 11.1 Å². The highest BCUT2D eigenvalue weighted by atomic mass is 35.5. The number of alkyl halides is 1. The fourth-order valence-corrected chi connectivity index (χ4v) is 2.67. The molecule has 0 N–H and O–H groups in total. The molecule has 0 atom stereocenters. The van der Waals surface area contributed by atoms with Crippen LogP contribution in [0.4, 0.5) is 0 Å². The zero-order valence-electron chi connectivity index (χ0n) is 12.6. The lowest BCUT2D eigenvalue weighted by Gasteiger charge is -2.42. The van der Waals surface area contributed by atoms with E-state index < -0.39 is 0 Å². The molecule has 1 amide bonds. The van der Waals surface area contributed by atoms with Crippen LogP contribution in [0.2, 0.25) is 0 Å². The van der Waals surface area contributed by atoms with Crippen LogP contribution in [-0.4, -0.2) is 62.0 Å². The maximum atomic E-state index is 12.0. The van der Waals surface area contributed by atoms with Crippen molar-refractivity contribution < 1.29 is 9.53 Å². The van der Waals surface area contributed by atoms with Crippen molar-refractivity contribution in [2.75, 3.05) is 19.8 Å². The number of rotatable bonds is 3. The third-order valence-corrected chi connectivity index (χ3v) is 4.16. The summed E-state index contributed by atoms with van der Waals surface area (Å²) in [6.45, 7) is 1.41. The fraction of sp³-hybridized carbons (Fsp3) is 0.417. The van der Waals surface area contributed by atoms with Crippen LogP contribution in [0.25, 0.3) is 0 Å². The molecule has 102 valence electrons. The molecule has 0 bridgehead atoms. The first kappa shape index (κ1) is 15.6. The van der Waals surface area contributed by atoms with Gasteiger partial charge in [-0.15, -0.1) is 11.6 Å². The Morgan fingerprint density at radius 2 is 1.65 bits per heavy atom. The molecule has 20 heavy (non-hydrogen) atoms. The third-order valence-electron chi connectivity index (χ3n) is 3.94. The SMILES string of the molecule is BC(B)(Cl)c1ccc(C(B)(B)N2CCOCC2=O)cc1. The minimum atomic E-state index is -0.378. The maximum absolute atomic E-state index is 12.0. The van der Waals surface area contributed by atoms with Gasteiger partial charge in [0.2, 0.25) is 5.91 Å². The topological polar surface area (TPSA) is 29.5 Å². The van der Waals surface area contributed by atoms with Crippen molar-refractivity contribution in [3.63, 3.8) is 0 Å². The fourth-order valence-electron chi connectivity index (χ4n) is 2.54. The Hall–Kier alpha value is -0.800. The number of carbonyl (C=O) groups is 1. The molecule has 1 fully saturated rings. The molecule has 3 nitrogen and oxygen atoms in total. The summed E-state index contributed by atoms with van der Waals surface area (Å²) in [5, 5.41) is -0.337. The molecule has 0 radical (unpaired) electrons. The maximum Gasteiger partial charge on any atom is 0.248 e. The van der Waals surface area contributed by atoms with E-state index in [9.17, 15) is 4.79 Å². The summed E-state index contributed by atoms with van der Waals surface area (Å²) < 4.78 is 4.82. The summed E-state index contributed by atoms with van der Waals surface area (Å²) in [4.78, 5) is 13.9. The molecule has 2 rings (SSSR count). The lowest BCUT2D eigenvalue weighted by molar-refractivity contribution is -0.145. The minimum Gasteiger partial charge on any atom is -0.370 e. The van der Waals surface area contributed by atoms with Gasteiger partial charge in [0, 0.05) is 16.6 Å². The minimum absolute atomic E-state index is 0.0444. The van der Waals surface area contributed by atoms with Crippen molar-refractivity contribution in [2.24, 2.45) is 0 Å². The first-order valence-corrected chi connectivity index (χ1v) is 7.29. The normalized spacial score (nSPS) is 17.2. The molecule has 8 heteroatoms. The van der Waals surface area contributed by atoms with Gasteiger partial charge in [-0.1, -0.05) is 24.3 Å². The Kier molecular flexibility index (Phi) is 4.31. The quantitative estimate of drug-likeness (QED) is 0.456. The van der Waals surface area contributed by atoms with Crippen LogP contribution in [0.5, 0.6) is 0 Å². The molecule has 0 saturated carbocycles. The molecule has 1 aromatic rings. The first-order chi connectivity index (χ1) is 9.23. The molecule has 1 aliphatic heterocycles. The van der Waals surface area contributed by atoms with Gasteiger partial charge in [0.05, 0.1) is 6.61 Å². The van der Waals surface area contributed by atoms with Gasteiger partial charge in [-0.2, -0.15) is 0 Å². The van der Waals surface area contributed by atoms with Crippen molar-refractivity contribution in [1.82, 2.24) is 4.90 Å². The van der Waals surface area contributed by atoms with Crippen LogP contribution in [0.3, 0.4) is 0 Å². The Bertz CT molecular complexity index is 501. The second kappa shape index (κ2) is 5.53. The van der Waals surface area contributed by atoms with E-state index in [1.54, 1.807) is 0 Å². The van der Waals surface area contributed by atoms with E-state index in [0.29, 0.717) is 13.2 Å². The van der Waals surface area contributed by atoms with Crippen molar-refractivity contribution in [3.8, 4) is 0 Å². The van der Waals surface area contributed by atoms with Crippen molar-refractivity contribution >= 4 is 48.9 Å². The monoisotopic (exact) mass is 287 g/mol. The summed E-state index contributed by atoms with van der Waals surface area (Å²) in [6.07, 6.45) is 0. The van der Waals surface area contributed by atoms with Crippen LogP contribution in [0.15, 0.2) is 24.3 Å². The van der Waals surface area contributed by atoms with E-state index in [1.807, 2.05) is 32.7 Å². The van der Waals surface area contributed by atoms with Crippen LogP contribution >= 0.6 is 11.6 Å². The summed E-state index contributed by atoms with van der Waals surface area (Å²) in [5.74, 6) is 0.0444. The van der Waals surface area contributed by atoms with Gasteiger partial charge in [-0.25, -0.2) is 0 Å². The molecule has 0 aliphatic carbocycles. The highest BCUT2D eigenvalue weighted by Gasteiger charge is 2.34. The number of hydrogen-bond donors (Lipinski definition) is 0. The molecule has 1 heterocycles. The van der Waals surface area contributed by atoms with E-state index in [-0.39, 0.29) is 22.5 Å². The lowest BCUT2D eigenvalue weighted by Crippen LogP contribution is -2.55. The standard InChI is InChI=1S/C12H18B4ClNO2/c13-11(14,17)8-1-3-9(4-2-8)12(15,16)18-5-6-20-7-10(18)19/h1-4H,5-7,13-16H2. The second-order valence-electron chi connectivity index (χ2n) is 6.21. The van der Waals surface area contributed by atoms with E-state index in [1.165, 1.54) is 0 Å². The Morgan fingerprint density at radius 1 is 1.10 bits per heavy atom. The van der Waals surface area contributed by atoms with Crippen LogP contribution in [-0.2, 0) is 19.5 Å². The van der Waals surface area contributed by atoms with E-state index >= 15 is 0 Å². The summed E-state index contributed by atoms with van der Waals surface area (Å²) in [5.41, 5.74) is 2.18. The van der Waals surface area contributed by atoms with Gasteiger partial charge in [-0.05, 0) is 11.1 Å². The highest BCUT2D eigenvalue weighted by molar-refractivity contribution is 6.61. The number of amides is 1. The van der Waals surface area contributed by atoms with Gasteiger partial charge in [0.15, 0.2) is 0 Å². The van der Waals surface area contributed by atoms with E-state index in [0.717, 1.165) is 11.1 Å². The summed E-state index contributed by atoms with van der Waals surface area (Å²) in [6, 6.07) is 8.19. The zero-order valence-corrected chi connectivity index (χ0v) is 13.3. The molecular formula is C12H18B4ClNO2. The molecular weight excluding hydrogens is 269 g/mol. The smallest absolute Gasteiger partial charge is 0.248 e. The van der Waals surface area contributed by atoms with Gasteiger partial charge < -0.3 is 9.64 Å². The number of carbonyl (C=O) groups excluding carboxylic acids is 1. The summed E-state index contributed by atoms with van der Waals surface area (Å²) >= 11 is 6.32. The average molecular weight is 287 g/mol. The number of ether oxygens (including phenoxy) is 1. The van der Waals surface area contributed by atoms with Crippen molar-refractivity contribution in [3.05, 3.63) is 35.4 Å². The number of halogens is 1. The average Bonchev–Trinajstić information content (AvgIpc) is 2.38. The largest absolute Gasteiger partial charge is 0.370 e. The molecule has 1 saturated heterocycles. The number of benzene rings is 1. The van der Waals surface area contributed by atoms with Gasteiger partial charge >= 0.3 is 0 Å².